The molecule has 2 aromatic carbocycles. The maximum absolute atomic E-state index is 12.7. The van der Waals surface area contributed by atoms with Crippen molar-refractivity contribution < 1.29 is 13.2 Å². The van der Waals surface area contributed by atoms with Crippen LogP contribution < -0.4 is 5.32 Å². The van der Waals surface area contributed by atoms with Gasteiger partial charge in [0, 0.05) is 24.8 Å². The second-order valence-electron chi connectivity index (χ2n) is 7.01. The van der Waals surface area contributed by atoms with Gasteiger partial charge in [0.1, 0.15) is 0 Å². The summed E-state index contributed by atoms with van der Waals surface area (Å²) in [4.78, 5) is 16.8. The molecule has 0 bridgehead atoms. The van der Waals surface area contributed by atoms with Crippen LogP contribution in [0.1, 0.15) is 12.0 Å². The molecule has 0 spiro atoms. The molecule has 0 unspecified atom stereocenters. The van der Waals surface area contributed by atoms with Crippen LogP contribution in [0.3, 0.4) is 0 Å². The number of hydrogen-bond acceptors (Lipinski definition) is 4. The van der Waals surface area contributed by atoms with Crippen LogP contribution in [0.15, 0.2) is 59.5 Å². The van der Waals surface area contributed by atoms with Crippen molar-refractivity contribution >= 4 is 21.6 Å². The van der Waals surface area contributed by atoms with Crippen molar-refractivity contribution in [3.63, 3.8) is 0 Å². The normalized spacial score (nSPS) is 17.3. The molecule has 0 radical (unpaired) electrons. The lowest BCUT2D eigenvalue weighted by atomic mass is 10.2. The summed E-state index contributed by atoms with van der Waals surface area (Å²) in [5.74, 6) is -0.159. The zero-order chi connectivity index (χ0) is 19.4. The Hall–Kier alpha value is -2.38. The summed E-state index contributed by atoms with van der Waals surface area (Å²) in [5, 5.41) is 2.89. The SMILES string of the molecule is CN(C)[C@H]1CCN(C(=O)Nc2ccccc2CS(=O)(=O)c2ccccc2)C1. The molecule has 1 aliphatic rings. The number of carbonyl (C=O) groups excluding carboxylic acids is 1. The van der Waals surface area contributed by atoms with Gasteiger partial charge in [0.15, 0.2) is 9.84 Å². The summed E-state index contributed by atoms with van der Waals surface area (Å²) >= 11 is 0. The lowest BCUT2D eigenvalue weighted by Gasteiger charge is -2.21. The molecule has 0 aliphatic carbocycles. The monoisotopic (exact) mass is 387 g/mol. The molecule has 1 aliphatic heterocycles. The lowest BCUT2D eigenvalue weighted by molar-refractivity contribution is 0.216. The van der Waals surface area contributed by atoms with E-state index in [2.05, 4.69) is 10.2 Å². The molecule has 3 rings (SSSR count). The number of para-hydroxylation sites is 1. The number of urea groups is 1. The lowest BCUT2D eigenvalue weighted by Crippen LogP contribution is -2.37. The van der Waals surface area contributed by atoms with Crippen molar-refractivity contribution in [1.29, 1.82) is 0 Å². The molecule has 0 aromatic heterocycles. The van der Waals surface area contributed by atoms with Crippen molar-refractivity contribution in [2.45, 2.75) is 23.1 Å². The van der Waals surface area contributed by atoms with Crippen LogP contribution in [-0.2, 0) is 15.6 Å². The van der Waals surface area contributed by atoms with E-state index >= 15 is 0 Å². The summed E-state index contributed by atoms with van der Waals surface area (Å²) in [6.07, 6.45) is 0.935. The first kappa shape index (κ1) is 19.4. The number of rotatable bonds is 5. The number of amides is 2. The molecule has 27 heavy (non-hydrogen) atoms. The molecule has 1 heterocycles. The standard InChI is InChI=1S/C20H25N3O3S/c1-22(2)17-12-13-23(14-17)20(24)21-19-11-7-6-8-16(19)15-27(25,26)18-9-4-3-5-10-18/h3-11,17H,12-15H2,1-2H3,(H,21,24)/t17-/m0/s1. The Morgan fingerprint density at radius 3 is 2.44 bits per heavy atom. The van der Waals surface area contributed by atoms with E-state index in [9.17, 15) is 13.2 Å². The van der Waals surface area contributed by atoms with Crippen LogP contribution in [0, 0.1) is 0 Å². The van der Waals surface area contributed by atoms with Gasteiger partial charge in [-0.25, -0.2) is 13.2 Å². The van der Waals surface area contributed by atoms with Crippen molar-refractivity contribution in [2.24, 2.45) is 0 Å². The van der Waals surface area contributed by atoms with Gasteiger partial charge in [-0.3, -0.25) is 0 Å². The summed E-state index contributed by atoms with van der Waals surface area (Å²) < 4.78 is 25.4. The number of likely N-dealkylation sites (tertiary alicyclic amines) is 1. The fraction of sp³-hybridized carbons (Fsp3) is 0.350. The van der Waals surface area contributed by atoms with Gasteiger partial charge in [0.2, 0.25) is 0 Å². The average Bonchev–Trinajstić information content (AvgIpc) is 3.14. The second kappa shape index (κ2) is 8.10. The van der Waals surface area contributed by atoms with E-state index in [1.807, 2.05) is 14.1 Å². The van der Waals surface area contributed by atoms with Crippen LogP contribution >= 0.6 is 0 Å². The fourth-order valence-electron chi connectivity index (χ4n) is 3.23. The maximum atomic E-state index is 12.7. The zero-order valence-corrected chi connectivity index (χ0v) is 16.4. The fourth-order valence-corrected chi connectivity index (χ4v) is 4.63. The smallest absolute Gasteiger partial charge is 0.321 e. The Labute approximate surface area is 160 Å². The number of nitrogens with one attached hydrogen (secondary N) is 1. The van der Waals surface area contributed by atoms with Gasteiger partial charge in [-0.05, 0) is 44.3 Å². The van der Waals surface area contributed by atoms with Crippen molar-refractivity contribution in [1.82, 2.24) is 9.80 Å². The molecule has 1 atom stereocenters. The summed E-state index contributed by atoms with van der Waals surface area (Å²) in [7, 11) is 0.537. The quantitative estimate of drug-likeness (QED) is 0.857. The third-order valence-corrected chi connectivity index (χ3v) is 6.57. The molecule has 7 heteroatoms. The van der Waals surface area contributed by atoms with Crippen LogP contribution in [0.25, 0.3) is 0 Å². The Balaban J connectivity index is 1.74. The van der Waals surface area contributed by atoms with E-state index in [-0.39, 0.29) is 16.7 Å². The van der Waals surface area contributed by atoms with Crippen LogP contribution in [0.4, 0.5) is 10.5 Å². The number of benzene rings is 2. The first-order valence-corrected chi connectivity index (χ1v) is 10.6. The summed E-state index contributed by atoms with van der Waals surface area (Å²) in [5.41, 5.74) is 1.12. The van der Waals surface area contributed by atoms with Gasteiger partial charge in [0.25, 0.3) is 0 Å². The highest BCUT2D eigenvalue weighted by Gasteiger charge is 2.28. The van der Waals surface area contributed by atoms with Crippen LogP contribution in [0.2, 0.25) is 0 Å². The minimum Gasteiger partial charge on any atom is -0.323 e. The van der Waals surface area contributed by atoms with E-state index in [1.54, 1.807) is 59.5 Å². The second-order valence-corrected chi connectivity index (χ2v) is 9.00. The molecule has 1 fully saturated rings. The predicted octanol–water partition coefficient (Wildman–Crippen LogP) is 2.83. The first-order valence-electron chi connectivity index (χ1n) is 8.95. The number of anilines is 1. The minimum atomic E-state index is -3.48. The summed E-state index contributed by atoms with van der Waals surface area (Å²) in [6.45, 7) is 1.36. The van der Waals surface area contributed by atoms with Gasteiger partial charge in [0.05, 0.1) is 10.6 Å². The molecular weight excluding hydrogens is 362 g/mol. The van der Waals surface area contributed by atoms with Crippen LogP contribution in [-0.4, -0.2) is 57.5 Å². The number of carbonyl (C=O) groups is 1. The van der Waals surface area contributed by atoms with Crippen molar-refractivity contribution in [3.05, 3.63) is 60.2 Å². The Kier molecular flexibility index (Phi) is 5.82. The van der Waals surface area contributed by atoms with Gasteiger partial charge in [-0.15, -0.1) is 0 Å². The minimum absolute atomic E-state index is 0.159. The molecule has 0 saturated carbocycles. The molecular formula is C20H25N3O3S. The Morgan fingerprint density at radius 1 is 1.11 bits per heavy atom. The van der Waals surface area contributed by atoms with E-state index in [4.69, 9.17) is 0 Å². The maximum Gasteiger partial charge on any atom is 0.321 e. The van der Waals surface area contributed by atoms with Crippen molar-refractivity contribution in [3.8, 4) is 0 Å². The highest BCUT2D eigenvalue weighted by molar-refractivity contribution is 7.90. The van der Waals surface area contributed by atoms with Crippen LogP contribution in [0.5, 0.6) is 0 Å². The Morgan fingerprint density at radius 2 is 1.78 bits per heavy atom. The van der Waals surface area contributed by atoms with Gasteiger partial charge in [-0.1, -0.05) is 36.4 Å². The van der Waals surface area contributed by atoms with Gasteiger partial charge in [-0.2, -0.15) is 0 Å². The van der Waals surface area contributed by atoms with Gasteiger partial charge >= 0.3 is 6.03 Å². The van der Waals surface area contributed by atoms with Crippen molar-refractivity contribution in [2.75, 3.05) is 32.5 Å². The Bertz CT molecular complexity index is 898. The first-order chi connectivity index (χ1) is 12.9. The van der Waals surface area contributed by atoms with E-state index < -0.39 is 9.84 Å². The van der Waals surface area contributed by atoms with E-state index in [0.717, 1.165) is 6.42 Å². The number of nitrogens with zero attached hydrogens (tertiary/aromatic N) is 2. The highest BCUT2D eigenvalue weighted by atomic mass is 32.2. The zero-order valence-electron chi connectivity index (χ0n) is 15.6. The molecule has 1 saturated heterocycles. The van der Waals surface area contributed by atoms with E-state index in [1.165, 1.54) is 0 Å². The number of sulfone groups is 1. The highest BCUT2D eigenvalue weighted by Crippen LogP contribution is 2.23. The molecule has 2 aromatic rings. The predicted molar refractivity (Wildman–Crippen MR) is 106 cm³/mol. The third kappa shape index (κ3) is 4.67. The molecule has 144 valence electrons. The number of hydrogen-bond donors (Lipinski definition) is 1. The number of likely N-dealkylation sites (N-methyl/N-ethyl adjacent to an activating group) is 1. The molecule has 6 nitrogen and oxygen atoms in total. The topological polar surface area (TPSA) is 69.7 Å². The molecule has 2 amide bonds. The third-order valence-electron chi connectivity index (χ3n) is 4.89. The summed E-state index contributed by atoms with van der Waals surface area (Å²) in [6, 6.07) is 15.6. The van der Waals surface area contributed by atoms with Gasteiger partial charge < -0.3 is 15.1 Å². The van der Waals surface area contributed by atoms with E-state index in [0.29, 0.717) is 30.4 Å². The largest absolute Gasteiger partial charge is 0.323 e. The average molecular weight is 388 g/mol. The molecule has 1 N–H and O–H groups in total.